The maximum Gasteiger partial charge on any atom is 0.255 e. The van der Waals surface area contributed by atoms with E-state index in [9.17, 15) is 4.79 Å². The second-order valence-corrected chi connectivity index (χ2v) is 6.35. The summed E-state index contributed by atoms with van der Waals surface area (Å²) in [6.07, 6.45) is 1.60. The predicted molar refractivity (Wildman–Crippen MR) is 111 cm³/mol. The predicted octanol–water partition coefficient (Wildman–Crippen LogP) is 4.71. The Kier molecular flexibility index (Phi) is 5.79. The van der Waals surface area contributed by atoms with Gasteiger partial charge in [-0.25, -0.2) is 4.98 Å². The molecule has 0 saturated heterocycles. The molecule has 0 aliphatic carbocycles. The van der Waals surface area contributed by atoms with Gasteiger partial charge in [-0.2, -0.15) is 0 Å². The molecule has 0 fully saturated rings. The van der Waals surface area contributed by atoms with Crippen LogP contribution in [0.15, 0.2) is 54.7 Å². The standard InChI is InChI=1S/C22H23N3O3/c1-14-6-5-7-15(2)21(14)25-22(26)16-10-11-23-20(12-16)24-17-8-9-18(27-3)19(13-17)28-4/h5-13H,1-4H3,(H,23,24)(H,25,26). The van der Waals surface area contributed by atoms with Crippen LogP contribution in [0.25, 0.3) is 0 Å². The van der Waals surface area contributed by atoms with Crippen LogP contribution in [0, 0.1) is 13.8 Å². The topological polar surface area (TPSA) is 72.5 Å². The highest BCUT2D eigenvalue weighted by molar-refractivity contribution is 6.05. The number of nitrogens with one attached hydrogen (secondary N) is 2. The minimum atomic E-state index is -0.185. The molecule has 28 heavy (non-hydrogen) atoms. The fraction of sp³-hybridized carbons (Fsp3) is 0.182. The van der Waals surface area contributed by atoms with Crippen molar-refractivity contribution in [2.45, 2.75) is 13.8 Å². The van der Waals surface area contributed by atoms with Gasteiger partial charge in [-0.15, -0.1) is 0 Å². The van der Waals surface area contributed by atoms with Crippen LogP contribution in [0.2, 0.25) is 0 Å². The lowest BCUT2D eigenvalue weighted by Gasteiger charge is -2.13. The molecule has 0 aliphatic rings. The molecular weight excluding hydrogens is 354 g/mol. The van der Waals surface area contributed by atoms with Crippen LogP contribution in [0.5, 0.6) is 11.5 Å². The maximum atomic E-state index is 12.7. The van der Waals surface area contributed by atoms with Crippen LogP contribution >= 0.6 is 0 Å². The van der Waals surface area contributed by atoms with Gasteiger partial charge in [0.15, 0.2) is 11.5 Å². The summed E-state index contributed by atoms with van der Waals surface area (Å²) >= 11 is 0. The number of ether oxygens (including phenoxy) is 2. The number of aryl methyl sites for hydroxylation is 2. The maximum absolute atomic E-state index is 12.7. The summed E-state index contributed by atoms with van der Waals surface area (Å²) in [5.74, 6) is 1.62. The fourth-order valence-corrected chi connectivity index (χ4v) is 2.90. The molecule has 0 radical (unpaired) electrons. The van der Waals surface area contributed by atoms with Crippen molar-refractivity contribution in [1.82, 2.24) is 4.98 Å². The molecule has 0 unspecified atom stereocenters. The number of para-hydroxylation sites is 1. The zero-order valence-electron chi connectivity index (χ0n) is 16.4. The molecule has 0 bridgehead atoms. The molecule has 144 valence electrons. The number of nitrogens with zero attached hydrogens (tertiary/aromatic N) is 1. The highest BCUT2D eigenvalue weighted by Crippen LogP contribution is 2.31. The summed E-state index contributed by atoms with van der Waals surface area (Å²) in [4.78, 5) is 17.0. The Labute approximate surface area is 164 Å². The summed E-state index contributed by atoms with van der Waals surface area (Å²) in [6, 6.07) is 14.8. The second kappa shape index (κ2) is 8.43. The number of methoxy groups -OCH3 is 2. The van der Waals surface area contributed by atoms with Crippen molar-refractivity contribution in [3.8, 4) is 11.5 Å². The molecule has 1 heterocycles. The first-order valence-electron chi connectivity index (χ1n) is 8.84. The van der Waals surface area contributed by atoms with Gasteiger partial charge < -0.3 is 20.1 Å². The van der Waals surface area contributed by atoms with E-state index in [-0.39, 0.29) is 5.91 Å². The lowest BCUT2D eigenvalue weighted by atomic mass is 10.1. The van der Waals surface area contributed by atoms with E-state index in [4.69, 9.17) is 9.47 Å². The molecule has 1 amide bonds. The highest BCUT2D eigenvalue weighted by atomic mass is 16.5. The summed E-state index contributed by atoms with van der Waals surface area (Å²) < 4.78 is 10.6. The summed E-state index contributed by atoms with van der Waals surface area (Å²) in [6.45, 7) is 3.94. The van der Waals surface area contributed by atoms with Gasteiger partial charge in [0, 0.05) is 29.2 Å². The van der Waals surface area contributed by atoms with Crippen LogP contribution < -0.4 is 20.1 Å². The highest BCUT2D eigenvalue weighted by Gasteiger charge is 2.11. The summed E-state index contributed by atoms with van der Waals surface area (Å²) in [5.41, 5.74) is 4.16. The molecule has 2 N–H and O–H groups in total. The average molecular weight is 377 g/mol. The molecule has 1 aromatic heterocycles. The average Bonchev–Trinajstić information content (AvgIpc) is 2.70. The minimum absolute atomic E-state index is 0.185. The van der Waals surface area contributed by atoms with Crippen LogP contribution in [0.4, 0.5) is 17.2 Å². The molecule has 0 saturated carbocycles. The van der Waals surface area contributed by atoms with Gasteiger partial charge in [-0.3, -0.25) is 4.79 Å². The van der Waals surface area contributed by atoms with Crippen LogP contribution in [-0.4, -0.2) is 25.1 Å². The van der Waals surface area contributed by atoms with E-state index in [0.717, 1.165) is 22.5 Å². The van der Waals surface area contributed by atoms with Crippen molar-refractivity contribution in [2.75, 3.05) is 24.9 Å². The quantitative estimate of drug-likeness (QED) is 0.651. The Hall–Kier alpha value is -3.54. The number of pyridine rings is 1. The van der Waals surface area contributed by atoms with Crippen molar-refractivity contribution in [3.63, 3.8) is 0 Å². The molecule has 3 aromatic rings. The van der Waals surface area contributed by atoms with Crippen LogP contribution in [0.1, 0.15) is 21.5 Å². The molecule has 0 spiro atoms. The number of aromatic nitrogens is 1. The van der Waals surface area contributed by atoms with E-state index in [1.54, 1.807) is 38.6 Å². The van der Waals surface area contributed by atoms with Crippen molar-refractivity contribution >= 4 is 23.1 Å². The fourth-order valence-electron chi connectivity index (χ4n) is 2.90. The number of benzene rings is 2. The van der Waals surface area contributed by atoms with Crippen molar-refractivity contribution in [2.24, 2.45) is 0 Å². The first-order valence-corrected chi connectivity index (χ1v) is 8.84. The van der Waals surface area contributed by atoms with E-state index >= 15 is 0 Å². The second-order valence-electron chi connectivity index (χ2n) is 6.35. The summed E-state index contributed by atoms with van der Waals surface area (Å²) in [5, 5.41) is 6.17. The monoisotopic (exact) mass is 377 g/mol. The molecule has 6 heteroatoms. The van der Waals surface area contributed by atoms with Gasteiger partial charge in [0.2, 0.25) is 0 Å². The number of anilines is 3. The molecule has 3 rings (SSSR count). The Morgan fingerprint density at radius 2 is 1.64 bits per heavy atom. The first-order chi connectivity index (χ1) is 13.5. The largest absolute Gasteiger partial charge is 0.493 e. The molecule has 2 aromatic carbocycles. The van der Waals surface area contributed by atoms with E-state index in [1.165, 1.54) is 0 Å². The minimum Gasteiger partial charge on any atom is -0.493 e. The van der Waals surface area contributed by atoms with Gasteiger partial charge in [0.1, 0.15) is 5.82 Å². The van der Waals surface area contributed by atoms with Gasteiger partial charge in [0.25, 0.3) is 5.91 Å². The molecule has 6 nitrogen and oxygen atoms in total. The summed E-state index contributed by atoms with van der Waals surface area (Å²) in [7, 11) is 3.17. The lowest BCUT2D eigenvalue weighted by molar-refractivity contribution is 0.102. The SMILES string of the molecule is COc1ccc(Nc2cc(C(=O)Nc3c(C)cccc3C)ccn2)cc1OC. The van der Waals surface area contributed by atoms with E-state index in [0.29, 0.717) is 22.9 Å². The molecule has 0 aliphatic heterocycles. The Balaban J connectivity index is 1.80. The third-order valence-corrected chi connectivity index (χ3v) is 4.40. The number of hydrogen-bond donors (Lipinski definition) is 2. The Morgan fingerprint density at radius 3 is 2.32 bits per heavy atom. The third-order valence-electron chi connectivity index (χ3n) is 4.40. The van der Waals surface area contributed by atoms with Gasteiger partial charge >= 0.3 is 0 Å². The zero-order valence-corrected chi connectivity index (χ0v) is 16.4. The third kappa shape index (κ3) is 4.23. The van der Waals surface area contributed by atoms with Gasteiger partial charge in [-0.1, -0.05) is 18.2 Å². The van der Waals surface area contributed by atoms with Crippen molar-refractivity contribution in [3.05, 3.63) is 71.4 Å². The molecule has 0 atom stereocenters. The number of carbonyl (C=O) groups excluding carboxylic acids is 1. The zero-order chi connectivity index (χ0) is 20.1. The lowest BCUT2D eigenvalue weighted by Crippen LogP contribution is -2.14. The first kappa shape index (κ1) is 19.2. The van der Waals surface area contributed by atoms with Crippen LogP contribution in [-0.2, 0) is 0 Å². The van der Waals surface area contributed by atoms with Crippen molar-refractivity contribution < 1.29 is 14.3 Å². The smallest absolute Gasteiger partial charge is 0.255 e. The van der Waals surface area contributed by atoms with Gasteiger partial charge in [0.05, 0.1) is 14.2 Å². The number of rotatable bonds is 6. The van der Waals surface area contributed by atoms with E-state index < -0.39 is 0 Å². The Morgan fingerprint density at radius 1 is 0.929 bits per heavy atom. The van der Waals surface area contributed by atoms with E-state index in [2.05, 4.69) is 15.6 Å². The van der Waals surface area contributed by atoms with E-state index in [1.807, 2.05) is 44.2 Å². The normalized spacial score (nSPS) is 10.3. The van der Waals surface area contributed by atoms with Gasteiger partial charge in [-0.05, 0) is 49.2 Å². The van der Waals surface area contributed by atoms with Crippen molar-refractivity contribution in [1.29, 1.82) is 0 Å². The molecular formula is C22H23N3O3. The van der Waals surface area contributed by atoms with Crippen LogP contribution in [0.3, 0.4) is 0 Å². The Bertz CT molecular complexity index is 982. The number of hydrogen-bond acceptors (Lipinski definition) is 5. The number of carbonyl (C=O) groups is 1. The number of amides is 1.